The van der Waals surface area contributed by atoms with E-state index in [9.17, 15) is 4.39 Å². The first-order chi connectivity index (χ1) is 10.0. The van der Waals surface area contributed by atoms with Gasteiger partial charge in [0.2, 0.25) is 0 Å². The van der Waals surface area contributed by atoms with Gasteiger partial charge in [-0.3, -0.25) is 4.90 Å². The van der Waals surface area contributed by atoms with Crippen LogP contribution in [0.4, 0.5) is 4.39 Å². The van der Waals surface area contributed by atoms with Crippen LogP contribution in [0.5, 0.6) is 0 Å². The van der Waals surface area contributed by atoms with Gasteiger partial charge < -0.3 is 10.6 Å². The molecule has 0 radical (unpaired) electrons. The molecule has 1 aromatic carbocycles. The molecule has 118 valence electrons. The summed E-state index contributed by atoms with van der Waals surface area (Å²) < 4.78 is 13.1. The van der Waals surface area contributed by atoms with Crippen LogP contribution in [-0.2, 0) is 0 Å². The maximum Gasteiger partial charge on any atom is 0.123 e. The van der Waals surface area contributed by atoms with E-state index in [1.54, 1.807) is 0 Å². The second-order valence-corrected chi connectivity index (χ2v) is 6.19. The molecular weight excluding hydrogens is 265 g/mol. The molecule has 4 heteroatoms. The molecule has 3 nitrogen and oxygen atoms in total. The number of benzene rings is 1. The third-order valence-corrected chi connectivity index (χ3v) is 4.73. The average molecular weight is 293 g/mol. The minimum absolute atomic E-state index is 0.0182. The Labute approximate surface area is 127 Å². The highest BCUT2D eigenvalue weighted by Gasteiger charge is 2.29. The molecular formula is C17H28FN3. The fraction of sp³-hybridized carbons (Fsp3) is 0.647. The lowest BCUT2D eigenvalue weighted by Gasteiger charge is -2.41. The van der Waals surface area contributed by atoms with Crippen molar-refractivity contribution in [1.82, 2.24) is 9.80 Å². The Balaban J connectivity index is 2.09. The SMILES string of the molecule is CCN1CCC(N(C)C(c2ccc(F)cc2)C(C)N)CC1. The van der Waals surface area contributed by atoms with Crippen molar-refractivity contribution in [2.45, 2.75) is 44.8 Å². The van der Waals surface area contributed by atoms with Gasteiger partial charge in [0.25, 0.3) is 0 Å². The summed E-state index contributed by atoms with van der Waals surface area (Å²) in [7, 11) is 2.16. The van der Waals surface area contributed by atoms with E-state index in [4.69, 9.17) is 5.73 Å². The predicted molar refractivity (Wildman–Crippen MR) is 85.7 cm³/mol. The Bertz CT molecular complexity index is 424. The highest BCUT2D eigenvalue weighted by Crippen LogP contribution is 2.28. The number of halogens is 1. The van der Waals surface area contributed by atoms with Crippen LogP contribution >= 0.6 is 0 Å². The Morgan fingerprint density at radius 2 is 1.86 bits per heavy atom. The smallest absolute Gasteiger partial charge is 0.123 e. The molecule has 1 heterocycles. The van der Waals surface area contributed by atoms with Crippen LogP contribution in [0.2, 0.25) is 0 Å². The van der Waals surface area contributed by atoms with Gasteiger partial charge in [0.1, 0.15) is 5.82 Å². The molecule has 0 aliphatic carbocycles. The molecule has 21 heavy (non-hydrogen) atoms. The monoisotopic (exact) mass is 293 g/mol. The summed E-state index contributed by atoms with van der Waals surface area (Å²) in [5.74, 6) is -0.193. The number of hydrogen-bond donors (Lipinski definition) is 1. The third-order valence-electron chi connectivity index (χ3n) is 4.73. The molecule has 0 saturated carbocycles. The number of rotatable bonds is 5. The van der Waals surface area contributed by atoms with Gasteiger partial charge in [0.05, 0.1) is 0 Å². The maximum absolute atomic E-state index is 13.1. The lowest BCUT2D eigenvalue weighted by molar-refractivity contribution is 0.0895. The molecule has 1 fully saturated rings. The topological polar surface area (TPSA) is 32.5 Å². The quantitative estimate of drug-likeness (QED) is 0.906. The molecule has 0 aromatic heterocycles. The van der Waals surface area contributed by atoms with Crippen LogP contribution in [-0.4, -0.2) is 48.6 Å². The van der Waals surface area contributed by atoms with Crippen molar-refractivity contribution in [2.24, 2.45) is 5.73 Å². The normalized spacial score (nSPS) is 20.7. The lowest BCUT2D eigenvalue weighted by atomic mass is 9.95. The number of nitrogens with two attached hydrogens (primary N) is 1. The summed E-state index contributed by atoms with van der Waals surface area (Å²) in [5, 5.41) is 0. The number of likely N-dealkylation sites (tertiary alicyclic amines) is 1. The van der Waals surface area contributed by atoms with E-state index in [1.807, 2.05) is 19.1 Å². The maximum atomic E-state index is 13.1. The zero-order valence-corrected chi connectivity index (χ0v) is 13.4. The summed E-state index contributed by atoms with van der Waals surface area (Å²) >= 11 is 0. The van der Waals surface area contributed by atoms with Gasteiger partial charge >= 0.3 is 0 Å². The number of hydrogen-bond acceptors (Lipinski definition) is 3. The van der Waals surface area contributed by atoms with Gasteiger partial charge in [-0.05, 0) is 64.1 Å². The first kappa shape index (κ1) is 16.4. The van der Waals surface area contributed by atoms with E-state index in [0.717, 1.165) is 25.2 Å². The first-order valence-electron chi connectivity index (χ1n) is 7.98. The molecule has 0 amide bonds. The molecule has 2 atom stereocenters. The average Bonchev–Trinajstić information content (AvgIpc) is 2.49. The zero-order chi connectivity index (χ0) is 15.4. The van der Waals surface area contributed by atoms with Crippen LogP contribution < -0.4 is 5.73 Å². The van der Waals surface area contributed by atoms with Crippen LogP contribution in [0.15, 0.2) is 24.3 Å². The predicted octanol–water partition coefficient (Wildman–Crippen LogP) is 2.63. The van der Waals surface area contributed by atoms with Gasteiger partial charge in [0.15, 0.2) is 0 Å². The Kier molecular flexibility index (Phi) is 5.73. The molecule has 2 rings (SSSR count). The summed E-state index contributed by atoms with van der Waals surface area (Å²) in [5.41, 5.74) is 7.33. The number of likely N-dealkylation sites (N-methyl/N-ethyl adjacent to an activating group) is 1. The van der Waals surface area contributed by atoms with Crippen molar-refractivity contribution in [3.05, 3.63) is 35.6 Å². The molecule has 2 unspecified atom stereocenters. The molecule has 2 N–H and O–H groups in total. The summed E-state index contributed by atoms with van der Waals surface area (Å²) in [6, 6.07) is 7.49. The van der Waals surface area contributed by atoms with E-state index < -0.39 is 0 Å². The van der Waals surface area contributed by atoms with Gasteiger partial charge in [-0.15, -0.1) is 0 Å². The molecule has 0 spiro atoms. The summed E-state index contributed by atoms with van der Waals surface area (Å²) in [6.07, 6.45) is 2.35. The molecule has 1 aliphatic heterocycles. The van der Waals surface area contributed by atoms with Gasteiger partial charge in [0, 0.05) is 18.1 Å². The summed E-state index contributed by atoms with van der Waals surface area (Å²) in [4.78, 5) is 4.88. The van der Waals surface area contributed by atoms with Crippen molar-refractivity contribution in [1.29, 1.82) is 0 Å². The molecule has 1 saturated heterocycles. The second-order valence-electron chi connectivity index (χ2n) is 6.19. The van der Waals surface area contributed by atoms with Crippen LogP contribution in [0, 0.1) is 5.82 Å². The van der Waals surface area contributed by atoms with Crippen molar-refractivity contribution in [3.8, 4) is 0 Å². The zero-order valence-electron chi connectivity index (χ0n) is 13.4. The van der Waals surface area contributed by atoms with Gasteiger partial charge in [-0.1, -0.05) is 19.1 Å². The third kappa shape index (κ3) is 4.02. The largest absolute Gasteiger partial charge is 0.326 e. The highest BCUT2D eigenvalue weighted by molar-refractivity contribution is 5.21. The fourth-order valence-corrected chi connectivity index (χ4v) is 3.44. The van der Waals surface area contributed by atoms with Gasteiger partial charge in [-0.25, -0.2) is 4.39 Å². The van der Waals surface area contributed by atoms with Crippen molar-refractivity contribution < 1.29 is 4.39 Å². The molecule has 1 aromatic rings. The first-order valence-corrected chi connectivity index (χ1v) is 7.98. The van der Waals surface area contributed by atoms with E-state index in [-0.39, 0.29) is 17.9 Å². The Morgan fingerprint density at radius 3 is 2.33 bits per heavy atom. The minimum atomic E-state index is -0.193. The fourth-order valence-electron chi connectivity index (χ4n) is 3.44. The van der Waals surface area contributed by atoms with Crippen molar-refractivity contribution >= 4 is 0 Å². The van der Waals surface area contributed by atoms with Crippen molar-refractivity contribution in [3.63, 3.8) is 0 Å². The van der Waals surface area contributed by atoms with Gasteiger partial charge in [-0.2, -0.15) is 0 Å². The Hall–Kier alpha value is -0.970. The van der Waals surface area contributed by atoms with Crippen LogP contribution in [0.1, 0.15) is 38.3 Å². The lowest BCUT2D eigenvalue weighted by Crippen LogP contribution is -2.48. The summed E-state index contributed by atoms with van der Waals surface area (Å²) in [6.45, 7) is 7.69. The van der Waals surface area contributed by atoms with E-state index in [1.165, 1.54) is 25.0 Å². The van der Waals surface area contributed by atoms with E-state index in [0.29, 0.717) is 6.04 Å². The van der Waals surface area contributed by atoms with Crippen molar-refractivity contribution in [2.75, 3.05) is 26.7 Å². The number of nitrogens with zero attached hydrogens (tertiary/aromatic N) is 2. The van der Waals surface area contributed by atoms with E-state index in [2.05, 4.69) is 23.8 Å². The van der Waals surface area contributed by atoms with Crippen LogP contribution in [0.3, 0.4) is 0 Å². The Morgan fingerprint density at radius 1 is 1.29 bits per heavy atom. The second kappa shape index (κ2) is 7.34. The molecule has 1 aliphatic rings. The standard InChI is InChI=1S/C17H28FN3/c1-4-21-11-9-16(10-12-21)20(3)17(13(2)19)14-5-7-15(18)8-6-14/h5-8,13,16-17H,4,9-12,19H2,1-3H3. The minimum Gasteiger partial charge on any atom is -0.326 e. The van der Waals surface area contributed by atoms with Crippen LogP contribution in [0.25, 0.3) is 0 Å². The molecule has 0 bridgehead atoms. The number of piperidine rings is 1. The highest BCUT2D eigenvalue weighted by atomic mass is 19.1. The van der Waals surface area contributed by atoms with E-state index >= 15 is 0 Å².